The maximum Gasteiger partial charge on any atom is 0.246 e. The Morgan fingerprint density at radius 2 is 2.24 bits per heavy atom. The quantitative estimate of drug-likeness (QED) is 0.742. The molecule has 114 valence electrons. The van der Waals surface area contributed by atoms with Crippen molar-refractivity contribution >= 4 is 27.5 Å². The summed E-state index contributed by atoms with van der Waals surface area (Å²) in [5.74, 6) is -0.107. The summed E-state index contributed by atoms with van der Waals surface area (Å²) in [6.45, 7) is 3.31. The molecule has 2 aromatic heterocycles. The van der Waals surface area contributed by atoms with Crippen molar-refractivity contribution in [3.8, 4) is 0 Å². The number of nitrogens with one attached hydrogen (secondary N) is 1. The van der Waals surface area contributed by atoms with E-state index in [-0.39, 0.29) is 12.5 Å². The Morgan fingerprint density at radius 1 is 1.38 bits per heavy atom. The van der Waals surface area contributed by atoms with Gasteiger partial charge in [0, 0.05) is 23.5 Å². The van der Waals surface area contributed by atoms with E-state index in [0.29, 0.717) is 13.2 Å². The number of hydrogen-bond acceptors (Lipinski definition) is 3. The van der Waals surface area contributed by atoms with Crippen molar-refractivity contribution in [1.29, 1.82) is 0 Å². The van der Waals surface area contributed by atoms with Gasteiger partial charge in [0.25, 0.3) is 0 Å². The predicted molar refractivity (Wildman–Crippen MR) is 85.1 cm³/mol. The first-order valence-corrected chi connectivity index (χ1v) is 7.96. The van der Waals surface area contributed by atoms with Crippen LogP contribution in [0.15, 0.2) is 29.0 Å². The number of carbonyl (C=O) groups excluding carboxylic acids is 1. The van der Waals surface area contributed by atoms with Gasteiger partial charge in [-0.15, -0.1) is 0 Å². The molecule has 0 unspecified atom stereocenters. The van der Waals surface area contributed by atoms with Crippen molar-refractivity contribution in [2.45, 2.75) is 32.7 Å². The van der Waals surface area contributed by atoms with Crippen LogP contribution in [0, 0.1) is 0 Å². The van der Waals surface area contributed by atoms with E-state index in [1.54, 1.807) is 0 Å². The molecule has 0 aromatic carbocycles. The highest BCUT2D eigenvalue weighted by molar-refractivity contribution is 9.10. The second kappa shape index (κ2) is 8.14. The van der Waals surface area contributed by atoms with Crippen LogP contribution >= 0.6 is 15.9 Å². The molecule has 2 rings (SSSR count). The summed E-state index contributed by atoms with van der Waals surface area (Å²) >= 11 is 3.42. The lowest BCUT2D eigenvalue weighted by molar-refractivity contribution is -0.125. The number of halogens is 1. The van der Waals surface area contributed by atoms with Crippen molar-refractivity contribution in [3.05, 3.63) is 34.7 Å². The van der Waals surface area contributed by atoms with Crippen LogP contribution in [0.2, 0.25) is 0 Å². The van der Waals surface area contributed by atoms with Gasteiger partial charge < -0.3 is 14.5 Å². The van der Waals surface area contributed by atoms with Gasteiger partial charge >= 0.3 is 0 Å². The van der Waals surface area contributed by atoms with Crippen molar-refractivity contribution in [2.75, 3.05) is 13.2 Å². The monoisotopic (exact) mass is 353 g/mol. The molecule has 21 heavy (non-hydrogen) atoms. The van der Waals surface area contributed by atoms with Crippen LogP contribution in [-0.2, 0) is 16.1 Å². The highest BCUT2D eigenvalue weighted by atomic mass is 79.9. The average molecular weight is 354 g/mol. The molecular weight excluding hydrogens is 334 g/mol. The fourth-order valence-corrected chi connectivity index (χ4v) is 2.31. The molecule has 0 saturated carbocycles. The minimum atomic E-state index is -0.107. The maximum absolute atomic E-state index is 11.6. The molecule has 6 heteroatoms. The SMILES string of the molecule is CCCCCOCC(=O)NCc1cn2cc(Br)ccc2n1. The fourth-order valence-electron chi connectivity index (χ4n) is 1.96. The van der Waals surface area contributed by atoms with Crippen LogP contribution in [0.25, 0.3) is 5.65 Å². The summed E-state index contributed by atoms with van der Waals surface area (Å²) in [6.07, 6.45) is 7.13. The molecular formula is C15H20BrN3O2. The summed E-state index contributed by atoms with van der Waals surface area (Å²) in [6, 6.07) is 3.86. The zero-order valence-corrected chi connectivity index (χ0v) is 13.7. The first-order chi connectivity index (χ1) is 10.2. The highest BCUT2D eigenvalue weighted by Gasteiger charge is 2.05. The molecule has 0 atom stereocenters. The van der Waals surface area contributed by atoms with Crippen LogP contribution in [0.4, 0.5) is 0 Å². The summed E-state index contributed by atoms with van der Waals surface area (Å²) in [7, 11) is 0. The number of fused-ring (bicyclic) bond motifs is 1. The van der Waals surface area contributed by atoms with Crippen LogP contribution in [-0.4, -0.2) is 28.5 Å². The summed E-state index contributed by atoms with van der Waals surface area (Å²) in [5.41, 5.74) is 1.69. The number of amides is 1. The Kier molecular flexibility index (Phi) is 6.20. The van der Waals surface area contributed by atoms with Gasteiger partial charge in [0.1, 0.15) is 12.3 Å². The van der Waals surface area contributed by atoms with Gasteiger partial charge in [-0.25, -0.2) is 4.98 Å². The van der Waals surface area contributed by atoms with E-state index in [9.17, 15) is 4.79 Å². The number of unbranched alkanes of at least 4 members (excludes halogenated alkanes) is 2. The van der Waals surface area contributed by atoms with Gasteiger partial charge in [0.2, 0.25) is 5.91 Å². The minimum Gasteiger partial charge on any atom is -0.372 e. The number of carbonyl (C=O) groups is 1. The molecule has 2 heterocycles. The molecule has 1 N–H and O–H groups in total. The molecule has 0 spiro atoms. The third-order valence-corrected chi connectivity index (χ3v) is 3.53. The van der Waals surface area contributed by atoms with Gasteiger partial charge in [-0.2, -0.15) is 0 Å². The third kappa shape index (κ3) is 5.13. The first-order valence-electron chi connectivity index (χ1n) is 7.16. The number of imidazole rings is 1. The molecule has 0 fully saturated rings. The largest absolute Gasteiger partial charge is 0.372 e. The van der Waals surface area contributed by atoms with Gasteiger partial charge in [-0.05, 0) is 34.5 Å². The van der Waals surface area contributed by atoms with Gasteiger partial charge in [0.05, 0.1) is 12.2 Å². The third-order valence-electron chi connectivity index (χ3n) is 3.06. The van der Waals surface area contributed by atoms with E-state index in [1.807, 2.05) is 28.9 Å². The Bertz CT molecular complexity index is 598. The van der Waals surface area contributed by atoms with Gasteiger partial charge in [-0.1, -0.05) is 19.8 Å². The second-order valence-electron chi connectivity index (χ2n) is 4.88. The smallest absolute Gasteiger partial charge is 0.246 e. The van der Waals surface area contributed by atoms with Crippen LogP contribution in [0.5, 0.6) is 0 Å². The van der Waals surface area contributed by atoms with E-state index < -0.39 is 0 Å². The lowest BCUT2D eigenvalue weighted by atomic mass is 10.3. The van der Waals surface area contributed by atoms with E-state index in [1.165, 1.54) is 0 Å². The first kappa shape index (κ1) is 16.0. The number of nitrogens with zero attached hydrogens (tertiary/aromatic N) is 2. The number of pyridine rings is 1. The van der Waals surface area contributed by atoms with E-state index in [2.05, 4.69) is 33.2 Å². The van der Waals surface area contributed by atoms with Crippen molar-refractivity contribution in [2.24, 2.45) is 0 Å². The van der Waals surface area contributed by atoms with Gasteiger partial charge in [0.15, 0.2) is 0 Å². The predicted octanol–water partition coefficient (Wildman–Crippen LogP) is 2.92. The van der Waals surface area contributed by atoms with Crippen LogP contribution in [0.3, 0.4) is 0 Å². The number of rotatable bonds is 8. The maximum atomic E-state index is 11.6. The number of ether oxygens (including phenoxy) is 1. The topological polar surface area (TPSA) is 55.6 Å². The van der Waals surface area contributed by atoms with Crippen molar-refractivity contribution in [3.63, 3.8) is 0 Å². The fraction of sp³-hybridized carbons (Fsp3) is 0.467. The van der Waals surface area contributed by atoms with Crippen LogP contribution < -0.4 is 5.32 Å². The second-order valence-corrected chi connectivity index (χ2v) is 5.80. The molecule has 2 aromatic rings. The molecule has 5 nitrogen and oxygen atoms in total. The lowest BCUT2D eigenvalue weighted by Gasteiger charge is -2.04. The van der Waals surface area contributed by atoms with Crippen molar-refractivity contribution < 1.29 is 9.53 Å². The molecule has 0 radical (unpaired) electrons. The van der Waals surface area contributed by atoms with Crippen LogP contribution in [0.1, 0.15) is 31.9 Å². The average Bonchev–Trinajstić information content (AvgIpc) is 2.87. The highest BCUT2D eigenvalue weighted by Crippen LogP contribution is 2.12. The standard InChI is InChI=1S/C15H20BrN3O2/c1-2-3-4-7-21-11-15(20)17-8-13-10-19-9-12(16)5-6-14(19)18-13/h5-6,9-10H,2-4,7-8,11H2,1H3,(H,17,20). The normalized spacial score (nSPS) is 11.0. The Hall–Kier alpha value is -1.40. The zero-order chi connectivity index (χ0) is 15.1. The zero-order valence-electron chi connectivity index (χ0n) is 12.1. The molecule has 0 bridgehead atoms. The van der Waals surface area contributed by atoms with Crippen molar-refractivity contribution in [1.82, 2.24) is 14.7 Å². The van der Waals surface area contributed by atoms with E-state index in [0.717, 1.165) is 35.1 Å². The molecule has 0 aliphatic heterocycles. The number of aromatic nitrogens is 2. The summed E-state index contributed by atoms with van der Waals surface area (Å²) in [5, 5.41) is 2.81. The Labute approximate surface area is 132 Å². The Morgan fingerprint density at radius 3 is 3.05 bits per heavy atom. The van der Waals surface area contributed by atoms with E-state index in [4.69, 9.17) is 4.74 Å². The van der Waals surface area contributed by atoms with E-state index >= 15 is 0 Å². The lowest BCUT2D eigenvalue weighted by Crippen LogP contribution is -2.27. The summed E-state index contributed by atoms with van der Waals surface area (Å²) in [4.78, 5) is 16.1. The Balaban J connectivity index is 1.75. The summed E-state index contributed by atoms with van der Waals surface area (Å²) < 4.78 is 8.23. The molecule has 0 aliphatic rings. The number of hydrogen-bond donors (Lipinski definition) is 1. The van der Waals surface area contributed by atoms with Gasteiger partial charge in [-0.3, -0.25) is 4.79 Å². The molecule has 1 amide bonds. The minimum absolute atomic E-state index is 0.107. The molecule has 0 saturated heterocycles. The molecule has 0 aliphatic carbocycles.